The largest absolute Gasteiger partial charge is 0.329 e. The zero-order valence-corrected chi connectivity index (χ0v) is 9.64. The van der Waals surface area contributed by atoms with E-state index in [-0.39, 0.29) is 0 Å². The Kier molecular flexibility index (Phi) is 3.30. The molecule has 3 heteroatoms. The number of aryl methyl sites for hydroxylation is 1. The molecule has 2 rings (SSSR count). The van der Waals surface area contributed by atoms with Crippen molar-refractivity contribution in [3.05, 3.63) is 21.9 Å². The monoisotopic (exact) mass is 214 g/mol. The van der Waals surface area contributed by atoms with Crippen LogP contribution in [0.15, 0.2) is 11.4 Å². The van der Waals surface area contributed by atoms with E-state index in [9.17, 15) is 0 Å². The molecule has 72 valence electrons. The van der Waals surface area contributed by atoms with Gasteiger partial charge in [0.1, 0.15) is 6.54 Å². The summed E-state index contributed by atoms with van der Waals surface area (Å²) in [5.41, 5.74) is 1.48. The van der Waals surface area contributed by atoms with Crippen LogP contribution in [0.25, 0.3) is 0 Å². The molecule has 0 atom stereocenters. The van der Waals surface area contributed by atoms with Gasteiger partial charge >= 0.3 is 0 Å². The summed E-state index contributed by atoms with van der Waals surface area (Å²) in [5.74, 6) is 2.69. The molecule has 13 heavy (non-hydrogen) atoms. The van der Waals surface area contributed by atoms with E-state index in [4.69, 9.17) is 0 Å². The predicted molar refractivity (Wildman–Crippen MR) is 60.8 cm³/mol. The molecular formula is C10H16NS2+. The first kappa shape index (κ1) is 9.56. The molecule has 0 bridgehead atoms. The van der Waals surface area contributed by atoms with Crippen LogP contribution in [-0.2, 0) is 6.54 Å². The van der Waals surface area contributed by atoms with Gasteiger partial charge in [-0.1, -0.05) is 0 Å². The van der Waals surface area contributed by atoms with E-state index in [0.29, 0.717) is 0 Å². The molecule has 0 spiro atoms. The van der Waals surface area contributed by atoms with Crippen molar-refractivity contribution in [2.75, 3.05) is 24.6 Å². The second-order valence-electron chi connectivity index (χ2n) is 3.57. The Morgan fingerprint density at radius 3 is 2.77 bits per heavy atom. The lowest BCUT2D eigenvalue weighted by Crippen LogP contribution is -3.12. The van der Waals surface area contributed by atoms with Crippen LogP contribution in [0.3, 0.4) is 0 Å². The summed E-state index contributed by atoms with van der Waals surface area (Å²) >= 11 is 4.01. The standard InChI is InChI=1S/C10H15NS2/c1-9-2-5-13-10(9)8-11-3-6-12-7-4-11/h2,5H,3-4,6-8H2,1H3/p+1. The van der Waals surface area contributed by atoms with Gasteiger partial charge in [-0.3, -0.25) is 0 Å². The van der Waals surface area contributed by atoms with Gasteiger partial charge < -0.3 is 4.90 Å². The van der Waals surface area contributed by atoms with Gasteiger partial charge in [0.05, 0.1) is 18.0 Å². The maximum Gasteiger partial charge on any atom is 0.112 e. The van der Waals surface area contributed by atoms with E-state index >= 15 is 0 Å². The SMILES string of the molecule is Cc1ccsc1C[NH+]1CCSCC1. The number of hydrogen-bond donors (Lipinski definition) is 1. The molecule has 1 aromatic rings. The molecule has 2 heterocycles. The fraction of sp³-hybridized carbons (Fsp3) is 0.600. The van der Waals surface area contributed by atoms with E-state index in [1.807, 2.05) is 11.3 Å². The fourth-order valence-electron chi connectivity index (χ4n) is 1.65. The Morgan fingerprint density at radius 1 is 1.38 bits per heavy atom. The number of hydrogen-bond acceptors (Lipinski definition) is 2. The van der Waals surface area contributed by atoms with Crippen molar-refractivity contribution >= 4 is 23.1 Å². The molecule has 0 unspecified atom stereocenters. The molecule has 0 amide bonds. The molecule has 1 aliphatic heterocycles. The molecule has 1 fully saturated rings. The number of thiophene rings is 1. The minimum absolute atomic E-state index is 1.25. The Morgan fingerprint density at radius 2 is 2.15 bits per heavy atom. The lowest BCUT2D eigenvalue weighted by atomic mass is 10.3. The normalized spacial score (nSPS) is 19.2. The maximum absolute atomic E-state index is 2.23. The topological polar surface area (TPSA) is 4.44 Å². The highest BCUT2D eigenvalue weighted by Crippen LogP contribution is 2.14. The molecule has 1 N–H and O–H groups in total. The van der Waals surface area contributed by atoms with Crippen LogP contribution in [0.2, 0.25) is 0 Å². The maximum atomic E-state index is 2.23. The van der Waals surface area contributed by atoms with Crippen LogP contribution < -0.4 is 4.90 Å². The van der Waals surface area contributed by atoms with Gasteiger partial charge in [0.2, 0.25) is 0 Å². The highest BCUT2D eigenvalue weighted by molar-refractivity contribution is 7.99. The smallest absolute Gasteiger partial charge is 0.112 e. The summed E-state index contributed by atoms with van der Waals surface area (Å²) in [5, 5.41) is 2.21. The first-order valence-corrected chi connectivity index (χ1v) is 6.84. The van der Waals surface area contributed by atoms with E-state index in [2.05, 4.69) is 30.1 Å². The Balaban J connectivity index is 1.93. The van der Waals surface area contributed by atoms with Crippen molar-refractivity contribution in [1.29, 1.82) is 0 Å². The molecule has 0 aromatic carbocycles. The Labute approximate surface area is 88.1 Å². The first-order chi connectivity index (χ1) is 6.36. The molecule has 1 aliphatic rings. The molecular weight excluding hydrogens is 198 g/mol. The van der Waals surface area contributed by atoms with Crippen molar-refractivity contribution in [3.8, 4) is 0 Å². The third kappa shape index (κ3) is 2.48. The number of rotatable bonds is 2. The van der Waals surface area contributed by atoms with Crippen LogP contribution >= 0.6 is 23.1 Å². The Hall–Kier alpha value is 0.01000. The minimum atomic E-state index is 1.25. The van der Waals surface area contributed by atoms with Gasteiger partial charge in [0, 0.05) is 11.5 Å². The molecule has 1 aromatic heterocycles. The first-order valence-electron chi connectivity index (χ1n) is 4.80. The minimum Gasteiger partial charge on any atom is -0.329 e. The molecule has 0 radical (unpaired) electrons. The summed E-state index contributed by atoms with van der Waals surface area (Å²) in [6, 6.07) is 2.23. The van der Waals surface area contributed by atoms with Crippen molar-refractivity contribution in [1.82, 2.24) is 0 Å². The van der Waals surface area contributed by atoms with E-state index in [1.54, 1.807) is 9.78 Å². The summed E-state index contributed by atoms with van der Waals surface area (Å²) in [6.45, 7) is 6.18. The molecule has 1 saturated heterocycles. The average molecular weight is 214 g/mol. The van der Waals surface area contributed by atoms with Crippen LogP contribution in [0.1, 0.15) is 10.4 Å². The van der Waals surface area contributed by atoms with Gasteiger partial charge in [0.15, 0.2) is 0 Å². The predicted octanol–water partition coefficient (Wildman–Crippen LogP) is 1.19. The van der Waals surface area contributed by atoms with Gasteiger partial charge in [-0.15, -0.1) is 11.3 Å². The van der Waals surface area contributed by atoms with E-state index < -0.39 is 0 Å². The van der Waals surface area contributed by atoms with E-state index in [1.165, 1.54) is 36.7 Å². The van der Waals surface area contributed by atoms with Gasteiger partial charge in [-0.2, -0.15) is 11.8 Å². The molecule has 1 nitrogen and oxygen atoms in total. The fourth-order valence-corrected chi connectivity index (χ4v) is 3.70. The van der Waals surface area contributed by atoms with Crippen LogP contribution in [0.4, 0.5) is 0 Å². The quantitative estimate of drug-likeness (QED) is 0.775. The number of thioether (sulfide) groups is 1. The van der Waals surface area contributed by atoms with Crippen molar-refractivity contribution in [2.45, 2.75) is 13.5 Å². The second kappa shape index (κ2) is 4.49. The van der Waals surface area contributed by atoms with Crippen molar-refractivity contribution in [3.63, 3.8) is 0 Å². The number of quaternary nitrogens is 1. The summed E-state index contributed by atoms with van der Waals surface area (Å²) < 4.78 is 0. The second-order valence-corrected chi connectivity index (χ2v) is 5.79. The zero-order valence-electron chi connectivity index (χ0n) is 8.01. The highest BCUT2D eigenvalue weighted by Gasteiger charge is 2.15. The van der Waals surface area contributed by atoms with Crippen molar-refractivity contribution in [2.24, 2.45) is 0 Å². The third-order valence-electron chi connectivity index (χ3n) is 2.58. The van der Waals surface area contributed by atoms with Gasteiger partial charge in [0.25, 0.3) is 0 Å². The van der Waals surface area contributed by atoms with Crippen LogP contribution in [-0.4, -0.2) is 24.6 Å². The van der Waals surface area contributed by atoms with Gasteiger partial charge in [-0.05, 0) is 23.9 Å². The zero-order chi connectivity index (χ0) is 9.10. The lowest BCUT2D eigenvalue weighted by Gasteiger charge is -2.22. The van der Waals surface area contributed by atoms with Gasteiger partial charge in [-0.25, -0.2) is 0 Å². The average Bonchev–Trinajstić information content (AvgIpc) is 2.54. The number of nitrogens with one attached hydrogen (secondary N) is 1. The Bertz CT molecular complexity index is 264. The van der Waals surface area contributed by atoms with Crippen LogP contribution in [0.5, 0.6) is 0 Å². The van der Waals surface area contributed by atoms with E-state index in [0.717, 1.165) is 0 Å². The summed E-state index contributed by atoms with van der Waals surface area (Å²) in [7, 11) is 0. The van der Waals surface area contributed by atoms with Crippen molar-refractivity contribution < 1.29 is 4.90 Å². The molecule has 0 saturated carbocycles. The lowest BCUT2D eigenvalue weighted by molar-refractivity contribution is -0.909. The summed E-state index contributed by atoms with van der Waals surface area (Å²) in [4.78, 5) is 3.35. The third-order valence-corrected chi connectivity index (χ3v) is 4.59. The van der Waals surface area contributed by atoms with Crippen LogP contribution in [0, 0.1) is 6.92 Å². The molecule has 0 aliphatic carbocycles. The highest BCUT2D eigenvalue weighted by atomic mass is 32.2. The summed E-state index contributed by atoms with van der Waals surface area (Å²) in [6.07, 6.45) is 0.